The molecule has 158 valence electrons. The largest absolute Gasteiger partial charge is 0.481 e. The lowest BCUT2D eigenvalue weighted by atomic mass is 9.94. The number of fused-ring (bicyclic) bond motifs is 1. The first-order valence-electron chi connectivity index (χ1n) is 10.8. The Morgan fingerprint density at radius 1 is 1.03 bits per heavy atom. The van der Waals surface area contributed by atoms with Gasteiger partial charge in [0.05, 0.1) is 24.1 Å². The highest BCUT2D eigenvalue weighted by Crippen LogP contribution is 2.35. The Bertz CT molecular complexity index is 1190. The minimum Gasteiger partial charge on any atom is -0.481 e. The molecule has 3 aromatic heterocycles. The van der Waals surface area contributed by atoms with Gasteiger partial charge in [0, 0.05) is 37.0 Å². The van der Waals surface area contributed by atoms with Gasteiger partial charge in [0.15, 0.2) is 5.65 Å². The molecule has 1 aliphatic heterocycles. The van der Waals surface area contributed by atoms with Crippen LogP contribution in [-0.4, -0.2) is 44.7 Å². The molecule has 4 aromatic rings. The first kappa shape index (κ1) is 19.7. The summed E-state index contributed by atoms with van der Waals surface area (Å²) in [4.78, 5) is 11.6. The van der Waals surface area contributed by atoms with Gasteiger partial charge >= 0.3 is 0 Å². The topological polar surface area (TPSA) is 55.6 Å². The van der Waals surface area contributed by atoms with Crippen LogP contribution >= 0.6 is 0 Å². The van der Waals surface area contributed by atoms with Crippen molar-refractivity contribution in [1.29, 1.82) is 0 Å². The monoisotopic (exact) mass is 413 g/mol. The van der Waals surface area contributed by atoms with E-state index in [1.807, 2.05) is 29.8 Å². The van der Waals surface area contributed by atoms with Crippen LogP contribution < -0.4 is 4.74 Å². The Hall–Kier alpha value is -3.25. The van der Waals surface area contributed by atoms with Crippen LogP contribution in [0.1, 0.15) is 35.7 Å². The summed E-state index contributed by atoms with van der Waals surface area (Å²) < 4.78 is 7.54. The minimum atomic E-state index is 0.422. The molecule has 0 radical (unpaired) electrons. The number of aromatic nitrogens is 4. The van der Waals surface area contributed by atoms with Crippen LogP contribution in [-0.2, 0) is 6.54 Å². The van der Waals surface area contributed by atoms with E-state index < -0.39 is 0 Å². The van der Waals surface area contributed by atoms with E-state index >= 15 is 0 Å². The first-order valence-corrected chi connectivity index (χ1v) is 10.8. The van der Waals surface area contributed by atoms with Crippen molar-refractivity contribution >= 4 is 5.65 Å². The van der Waals surface area contributed by atoms with Crippen LogP contribution in [0, 0.1) is 6.92 Å². The highest BCUT2D eigenvalue weighted by Gasteiger charge is 2.26. The van der Waals surface area contributed by atoms with Gasteiger partial charge in [-0.2, -0.15) is 5.10 Å². The second-order valence-electron chi connectivity index (χ2n) is 8.19. The molecule has 1 aromatic carbocycles. The summed E-state index contributed by atoms with van der Waals surface area (Å²) in [5, 5.41) is 4.90. The van der Waals surface area contributed by atoms with Crippen molar-refractivity contribution in [3.05, 3.63) is 77.9 Å². The molecule has 0 amide bonds. The molecule has 6 heteroatoms. The van der Waals surface area contributed by atoms with E-state index in [9.17, 15) is 0 Å². The molecule has 1 atom stereocenters. The number of piperidine rings is 1. The van der Waals surface area contributed by atoms with Gasteiger partial charge in [0.1, 0.15) is 0 Å². The molecule has 1 saturated heterocycles. The Kier molecular flexibility index (Phi) is 5.38. The second kappa shape index (κ2) is 8.47. The molecule has 0 aliphatic carbocycles. The van der Waals surface area contributed by atoms with Crippen LogP contribution in [0.25, 0.3) is 16.8 Å². The molecule has 4 heterocycles. The summed E-state index contributed by atoms with van der Waals surface area (Å²) in [6.45, 7) is 5.18. The fraction of sp³-hybridized carbons (Fsp3) is 0.320. The zero-order chi connectivity index (χ0) is 21.2. The number of rotatable bonds is 5. The normalized spacial score (nSPS) is 17.2. The van der Waals surface area contributed by atoms with Crippen LogP contribution in [0.5, 0.6) is 5.88 Å². The van der Waals surface area contributed by atoms with E-state index in [4.69, 9.17) is 14.8 Å². The van der Waals surface area contributed by atoms with E-state index in [1.54, 1.807) is 13.3 Å². The fourth-order valence-corrected chi connectivity index (χ4v) is 4.72. The molecule has 5 rings (SSSR count). The van der Waals surface area contributed by atoms with Crippen molar-refractivity contribution in [3.63, 3.8) is 0 Å². The standard InChI is InChI=1S/C25H27N5O/c1-18-23(21-11-6-13-27-25(21)31-2)24-26-14-12-22(30(24)28-18)20-10-7-15-29(17-20)16-19-8-4-3-5-9-19/h3-6,8-9,11-14,20H,7,10,15-17H2,1-2H3. The number of likely N-dealkylation sites (tertiary alicyclic amines) is 1. The lowest BCUT2D eigenvalue weighted by Gasteiger charge is -2.33. The smallest absolute Gasteiger partial charge is 0.221 e. The molecule has 0 bridgehead atoms. The van der Waals surface area contributed by atoms with Gasteiger partial charge in [-0.15, -0.1) is 0 Å². The third-order valence-corrected chi connectivity index (χ3v) is 6.13. The Morgan fingerprint density at radius 2 is 1.90 bits per heavy atom. The fourth-order valence-electron chi connectivity index (χ4n) is 4.72. The molecule has 6 nitrogen and oxygen atoms in total. The lowest BCUT2D eigenvalue weighted by molar-refractivity contribution is 0.197. The highest BCUT2D eigenvalue weighted by molar-refractivity contribution is 5.82. The number of pyridine rings is 1. The summed E-state index contributed by atoms with van der Waals surface area (Å²) in [5.74, 6) is 1.02. The zero-order valence-corrected chi connectivity index (χ0v) is 18.0. The summed E-state index contributed by atoms with van der Waals surface area (Å²) in [6.07, 6.45) is 6.00. The first-order chi connectivity index (χ1) is 15.2. The molecule has 0 saturated carbocycles. The van der Waals surface area contributed by atoms with Crippen molar-refractivity contribution in [2.45, 2.75) is 32.2 Å². The third-order valence-electron chi connectivity index (χ3n) is 6.13. The summed E-state index contributed by atoms with van der Waals surface area (Å²) in [5.41, 5.74) is 6.30. The number of methoxy groups -OCH3 is 1. The number of aryl methyl sites for hydroxylation is 1. The molecular formula is C25H27N5O. The van der Waals surface area contributed by atoms with E-state index in [0.29, 0.717) is 11.8 Å². The van der Waals surface area contributed by atoms with Gasteiger partial charge in [-0.3, -0.25) is 4.90 Å². The molecule has 0 spiro atoms. The molecule has 1 fully saturated rings. The van der Waals surface area contributed by atoms with Crippen molar-refractivity contribution < 1.29 is 4.74 Å². The third kappa shape index (κ3) is 3.79. The average Bonchev–Trinajstić information content (AvgIpc) is 3.15. The van der Waals surface area contributed by atoms with Gasteiger partial charge < -0.3 is 4.74 Å². The summed E-state index contributed by atoms with van der Waals surface area (Å²) in [7, 11) is 1.65. The number of hydrogen-bond donors (Lipinski definition) is 0. The second-order valence-corrected chi connectivity index (χ2v) is 8.19. The van der Waals surface area contributed by atoms with Crippen molar-refractivity contribution in [2.24, 2.45) is 0 Å². The predicted octanol–water partition coefficient (Wildman–Crippen LogP) is 4.49. The SMILES string of the molecule is COc1ncccc1-c1c(C)nn2c(C3CCCN(Cc4ccccc4)C3)ccnc12. The van der Waals surface area contributed by atoms with Crippen molar-refractivity contribution in [3.8, 4) is 17.0 Å². The number of hydrogen-bond acceptors (Lipinski definition) is 5. The number of nitrogens with zero attached hydrogens (tertiary/aromatic N) is 5. The molecule has 0 N–H and O–H groups in total. The minimum absolute atomic E-state index is 0.422. The Balaban J connectivity index is 1.50. The Labute approximate surface area is 182 Å². The molecular weight excluding hydrogens is 386 g/mol. The predicted molar refractivity (Wildman–Crippen MR) is 121 cm³/mol. The van der Waals surface area contributed by atoms with Crippen LogP contribution in [0.15, 0.2) is 60.9 Å². The van der Waals surface area contributed by atoms with E-state index in [2.05, 4.69) is 46.3 Å². The number of benzene rings is 1. The summed E-state index contributed by atoms with van der Waals surface area (Å²) in [6, 6.07) is 16.8. The molecule has 1 unspecified atom stereocenters. The zero-order valence-electron chi connectivity index (χ0n) is 18.0. The molecule has 1 aliphatic rings. The van der Waals surface area contributed by atoms with Gasteiger partial charge in [-0.1, -0.05) is 30.3 Å². The average molecular weight is 414 g/mol. The molecule has 31 heavy (non-hydrogen) atoms. The quantitative estimate of drug-likeness (QED) is 0.483. The maximum atomic E-state index is 5.51. The highest BCUT2D eigenvalue weighted by atomic mass is 16.5. The van der Waals surface area contributed by atoms with Gasteiger partial charge in [0.25, 0.3) is 0 Å². The van der Waals surface area contributed by atoms with Crippen molar-refractivity contribution in [1.82, 2.24) is 24.5 Å². The number of ether oxygens (including phenoxy) is 1. The Morgan fingerprint density at radius 3 is 2.74 bits per heavy atom. The van der Waals surface area contributed by atoms with E-state index in [-0.39, 0.29) is 0 Å². The van der Waals surface area contributed by atoms with Crippen LogP contribution in [0.2, 0.25) is 0 Å². The van der Waals surface area contributed by atoms with Gasteiger partial charge in [0.2, 0.25) is 5.88 Å². The maximum Gasteiger partial charge on any atom is 0.221 e. The van der Waals surface area contributed by atoms with Crippen LogP contribution in [0.4, 0.5) is 0 Å². The van der Waals surface area contributed by atoms with E-state index in [1.165, 1.54) is 17.7 Å². The lowest BCUT2D eigenvalue weighted by Crippen LogP contribution is -2.34. The van der Waals surface area contributed by atoms with E-state index in [0.717, 1.165) is 48.5 Å². The van der Waals surface area contributed by atoms with Crippen molar-refractivity contribution in [2.75, 3.05) is 20.2 Å². The van der Waals surface area contributed by atoms with Crippen LogP contribution in [0.3, 0.4) is 0 Å². The summed E-state index contributed by atoms with van der Waals surface area (Å²) >= 11 is 0. The maximum absolute atomic E-state index is 5.51. The van der Waals surface area contributed by atoms with Gasteiger partial charge in [-0.05, 0) is 50.1 Å². The van der Waals surface area contributed by atoms with Gasteiger partial charge in [-0.25, -0.2) is 14.5 Å².